The highest BCUT2D eigenvalue weighted by molar-refractivity contribution is 6.38. The maximum Gasteiger partial charge on any atom is 0.165 e. The van der Waals surface area contributed by atoms with E-state index in [0.29, 0.717) is 0 Å². The van der Waals surface area contributed by atoms with E-state index < -0.39 is 0 Å². The van der Waals surface area contributed by atoms with Crippen LogP contribution in [0.3, 0.4) is 0 Å². The van der Waals surface area contributed by atoms with Gasteiger partial charge in [-0.3, -0.25) is 13.2 Å². The number of fused-ring (bicyclic) bond motifs is 42. The maximum absolute atomic E-state index is 6.50. The molecule has 33 aromatic rings. The third kappa shape index (κ3) is 9.13. The second-order valence-electron chi connectivity index (χ2n) is 34.3. The van der Waals surface area contributed by atoms with Crippen molar-refractivity contribution in [1.82, 2.24) is 38.1 Å². The van der Waals surface area contributed by atoms with Crippen molar-refractivity contribution >= 4 is 280 Å². The zero-order valence-corrected chi connectivity index (χ0v) is 68.0. The molecule has 129 heavy (non-hydrogen) atoms. The van der Waals surface area contributed by atoms with Gasteiger partial charge in [0.05, 0.1) is 60.7 Å². The van der Waals surface area contributed by atoms with Crippen molar-refractivity contribution in [2.45, 2.75) is 0 Å². The summed E-state index contributed by atoms with van der Waals surface area (Å²) in [6.07, 6.45) is 0. The first-order valence-corrected chi connectivity index (χ1v) is 43.4. The Morgan fingerprint density at radius 2 is 0.527 bits per heavy atom. The SMILES string of the molecule is c1ccc2nc3c(cc2c1)c1cc2oc4ccccc4c2c2c4cc(-c5ccc6c(c5)oc5ccccc56)ccc4n3c12.c1ccc2nc3c(nc2c1)c1cc2oc4ccccc4c2c2c4cc(-c5ccc6oc7ccccc7c6c5)ccc4n3c12.c1ccc2nc3c(nc2c1)c1cc2oc4ccccc4c2c2c4cc(-c5cccc6c5oc5ccccc56)ccc4n3c12. The fraction of sp³-hybridized carbons (Fsp3) is 0. The molecule has 0 aliphatic heterocycles. The highest BCUT2D eigenvalue weighted by atomic mass is 16.3. The van der Waals surface area contributed by atoms with Gasteiger partial charge >= 0.3 is 0 Å². The first kappa shape index (κ1) is 67.8. The third-order valence-electron chi connectivity index (χ3n) is 27.5. The first-order valence-electron chi connectivity index (χ1n) is 43.4. The molecular formula is C115H58N8O6. The van der Waals surface area contributed by atoms with E-state index in [1.165, 1.54) is 27.1 Å². The molecule has 0 spiro atoms. The van der Waals surface area contributed by atoms with Crippen molar-refractivity contribution in [3.8, 4) is 33.4 Å². The molecule has 0 aliphatic rings. The molecule has 0 bridgehead atoms. The lowest BCUT2D eigenvalue weighted by atomic mass is 9.98. The number of hydrogen-bond donors (Lipinski definition) is 0. The van der Waals surface area contributed by atoms with Crippen LogP contribution in [0.2, 0.25) is 0 Å². The summed E-state index contributed by atoms with van der Waals surface area (Å²) < 4.78 is 45.2. The van der Waals surface area contributed by atoms with Crippen LogP contribution in [-0.4, -0.2) is 38.1 Å². The summed E-state index contributed by atoms with van der Waals surface area (Å²) in [7, 11) is 0. The summed E-state index contributed by atoms with van der Waals surface area (Å²) in [5.74, 6) is 0. The molecule has 0 N–H and O–H groups in total. The van der Waals surface area contributed by atoms with E-state index >= 15 is 0 Å². The molecule has 0 atom stereocenters. The van der Waals surface area contributed by atoms with E-state index in [9.17, 15) is 0 Å². The van der Waals surface area contributed by atoms with Crippen LogP contribution >= 0.6 is 0 Å². The average Bonchev–Trinajstić information content (AvgIpc) is 1.53. The van der Waals surface area contributed by atoms with E-state index in [4.69, 9.17) is 51.4 Å². The van der Waals surface area contributed by atoms with Crippen LogP contribution in [0, 0.1) is 0 Å². The van der Waals surface area contributed by atoms with Gasteiger partial charge in [0.15, 0.2) is 11.3 Å². The second kappa shape index (κ2) is 24.6. The summed E-state index contributed by atoms with van der Waals surface area (Å²) in [5.41, 5.74) is 33.3. The molecule has 0 unspecified atom stereocenters. The Labute approximate surface area is 724 Å². The Kier molecular flexibility index (Phi) is 12.9. The number of aromatic nitrogens is 8. The van der Waals surface area contributed by atoms with E-state index in [1.807, 2.05) is 115 Å². The average molecular weight is 1650 g/mol. The van der Waals surface area contributed by atoms with Gasteiger partial charge in [-0.15, -0.1) is 0 Å². The van der Waals surface area contributed by atoms with Gasteiger partial charge in [-0.2, -0.15) is 0 Å². The monoisotopic (exact) mass is 1650 g/mol. The van der Waals surface area contributed by atoms with Gasteiger partial charge in [0, 0.05) is 129 Å². The van der Waals surface area contributed by atoms with Gasteiger partial charge in [-0.1, -0.05) is 200 Å². The molecule has 15 aromatic heterocycles. The zero-order valence-electron chi connectivity index (χ0n) is 68.0. The van der Waals surface area contributed by atoms with Gasteiger partial charge in [-0.05, 0) is 179 Å². The standard InChI is InChI=1S/C39H20N2O2.2C38H19N3O2/c1-4-10-30-23(7-1)18-28-27-20-35-36(26-9-3-6-12-33(26)43-35)37-29-17-21(14-16-31(29)41(38(27)37)39(28)40-30)22-13-15-25-24-8-2-5-11-32(24)42-34(25)19-22;1-5-14-30-22(8-1)23-11-7-10-21(37(23)43-30)20-16-17-29-25(18-20)34-33-24-9-2-6-15-31(24)42-32(33)19-26-35-38(41(29)36(26)34)40-28-13-4-3-12-27(28)39-35;1-5-11-30-22(7-1)24-17-21(14-16-32(24)42-30)20-13-15-29-25(18-20)35-34-23-8-2-6-12-31(23)43-33(34)19-26-36-38(41(29)37(26)35)40-28-10-4-3-9-27(28)39-36/h1-20H;2*1-19H. The molecule has 0 amide bonds. The molecule has 0 saturated heterocycles. The number of furan rings is 6. The van der Waals surface area contributed by atoms with Crippen molar-refractivity contribution in [1.29, 1.82) is 0 Å². The minimum absolute atomic E-state index is 0.857. The smallest absolute Gasteiger partial charge is 0.165 e. The first-order chi connectivity index (χ1) is 63.9. The van der Waals surface area contributed by atoms with E-state index in [0.717, 1.165) is 286 Å². The molecule has 15 heterocycles. The topological polar surface area (TPSA) is 157 Å². The van der Waals surface area contributed by atoms with Gasteiger partial charge in [0.2, 0.25) is 0 Å². The predicted molar refractivity (Wildman–Crippen MR) is 525 cm³/mol. The van der Waals surface area contributed by atoms with Crippen molar-refractivity contribution in [3.05, 3.63) is 352 Å². The second-order valence-corrected chi connectivity index (χ2v) is 34.3. The number of nitrogens with zero attached hydrogens (tertiary/aromatic N) is 8. The number of rotatable bonds is 3. The fourth-order valence-corrected chi connectivity index (χ4v) is 21.9. The third-order valence-corrected chi connectivity index (χ3v) is 27.5. The number of para-hydroxylation sites is 12. The Morgan fingerprint density at radius 1 is 0.178 bits per heavy atom. The number of hydrogen-bond acceptors (Lipinski definition) is 11. The Balaban J connectivity index is 0.0000000919. The molecule has 0 fully saturated rings. The molecule has 594 valence electrons. The summed E-state index contributed by atoms with van der Waals surface area (Å²) in [4.78, 5) is 25.8. The van der Waals surface area contributed by atoms with Crippen molar-refractivity contribution < 1.29 is 26.5 Å². The van der Waals surface area contributed by atoms with Crippen molar-refractivity contribution in [2.75, 3.05) is 0 Å². The highest BCUT2D eigenvalue weighted by Crippen LogP contribution is 2.53. The van der Waals surface area contributed by atoms with Crippen LogP contribution in [0.1, 0.15) is 0 Å². The molecule has 0 radical (unpaired) electrons. The highest BCUT2D eigenvalue weighted by Gasteiger charge is 2.31. The Bertz CT molecular complexity index is 10800. The number of benzene rings is 18. The van der Waals surface area contributed by atoms with Crippen LogP contribution < -0.4 is 0 Å². The molecule has 14 heteroatoms. The van der Waals surface area contributed by atoms with Gasteiger partial charge in [0.25, 0.3) is 0 Å². The van der Waals surface area contributed by atoms with Crippen LogP contribution in [0.5, 0.6) is 0 Å². The van der Waals surface area contributed by atoms with Crippen LogP contribution in [0.15, 0.2) is 378 Å². The fourth-order valence-electron chi connectivity index (χ4n) is 21.9. The molecule has 18 aromatic carbocycles. The quantitative estimate of drug-likeness (QED) is 0.166. The van der Waals surface area contributed by atoms with Gasteiger partial charge in [-0.25, -0.2) is 24.9 Å². The van der Waals surface area contributed by atoms with Crippen LogP contribution in [0.4, 0.5) is 0 Å². The van der Waals surface area contributed by atoms with E-state index in [2.05, 4.69) is 250 Å². The summed E-state index contributed by atoms with van der Waals surface area (Å²) >= 11 is 0. The van der Waals surface area contributed by atoms with Crippen LogP contribution in [0.25, 0.3) is 313 Å². The van der Waals surface area contributed by atoms with Gasteiger partial charge < -0.3 is 26.5 Å². The summed E-state index contributed by atoms with van der Waals surface area (Å²) in [5, 5.41) is 26.1. The maximum atomic E-state index is 6.50. The predicted octanol–water partition coefficient (Wildman–Crippen LogP) is 31.3. The zero-order chi connectivity index (χ0) is 83.4. The lowest BCUT2D eigenvalue weighted by Gasteiger charge is -2.05. The van der Waals surface area contributed by atoms with E-state index in [1.54, 1.807) is 0 Å². The molecule has 14 nitrogen and oxygen atoms in total. The molecule has 0 saturated carbocycles. The lowest BCUT2D eigenvalue weighted by Crippen LogP contribution is -1.89. The summed E-state index contributed by atoms with van der Waals surface area (Å²) in [6.45, 7) is 0. The lowest BCUT2D eigenvalue weighted by molar-refractivity contribution is 0.668. The molecular weight excluding hydrogens is 1590 g/mol. The summed E-state index contributed by atoms with van der Waals surface area (Å²) in [6, 6.07) is 123. The molecule has 0 aliphatic carbocycles. The van der Waals surface area contributed by atoms with E-state index in [-0.39, 0.29) is 0 Å². The largest absolute Gasteiger partial charge is 0.456 e. The minimum Gasteiger partial charge on any atom is -0.456 e. The van der Waals surface area contributed by atoms with Crippen molar-refractivity contribution in [3.63, 3.8) is 0 Å². The van der Waals surface area contributed by atoms with Crippen molar-refractivity contribution in [2.24, 2.45) is 0 Å². The number of pyridine rings is 1. The van der Waals surface area contributed by atoms with Crippen LogP contribution in [-0.2, 0) is 0 Å². The van der Waals surface area contributed by atoms with Gasteiger partial charge in [0.1, 0.15) is 83.7 Å². The Hall–Kier alpha value is -17.8. The Morgan fingerprint density at radius 3 is 1.07 bits per heavy atom. The minimum atomic E-state index is 0.857. The molecule has 33 rings (SSSR count). The normalized spacial score (nSPS) is 12.7.